The van der Waals surface area contributed by atoms with Gasteiger partial charge >= 0.3 is 0 Å². The number of piperazine rings is 1. The lowest BCUT2D eigenvalue weighted by Gasteiger charge is -2.39. The number of benzene rings is 3. The van der Waals surface area contributed by atoms with Gasteiger partial charge in [0.15, 0.2) is 0 Å². The second-order valence-corrected chi connectivity index (χ2v) is 13.1. The molecule has 0 saturated carbocycles. The van der Waals surface area contributed by atoms with Crippen LogP contribution in [0.15, 0.2) is 88.7 Å². The first-order chi connectivity index (χ1) is 16.6. The van der Waals surface area contributed by atoms with Crippen molar-refractivity contribution in [3.8, 4) is 0 Å². The summed E-state index contributed by atoms with van der Waals surface area (Å²) < 4.78 is 56.7. The Bertz CT molecular complexity index is 1430. The molecule has 1 amide bonds. The van der Waals surface area contributed by atoms with Crippen molar-refractivity contribution in [1.82, 2.24) is 8.61 Å². The molecular formula is C24H24IN3O5S2. The van der Waals surface area contributed by atoms with Crippen LogP contribution in [0.3, 0.4) is 0 Å². The van der Waals surface area contributed by atoms with Gasteiger partial charge in [0.1, 0.15) is 6.04 Å². The van der Waals surface area contributed by atoms with Gasteiger partial charge in [0, 0.05) is 28.9 Å². The Kier molecular flexibility index (Phi) is 7.62. The number of amides is 1. The largest absolute Gasteiger partial charge is 0.324 e. The van der Waals surface area contributed by atoms with E-state index in [0.717, 1.165) is 13.4 Å². The summed E-state index contributed by atoms with van der Waals surface area (Å²) >= 11 is 2.16. The number of nitrogens with one attached hydrogen (secondary N) is 1. The maximum absolute atomic E-state index is 13.5. The predicted octanol–water partition coefficient (Wildman–Crippen LogP) is 3.30. The van der Waals surface area contributed by atoms with Crippen LogP contribution in [0.2, 0.25) is 0 Å². The first kappa shape index (κ1) is 25.8. The van der Waals surface area contributed by atoms with Crippen molar-refractivity contribution in [3.05, 3.63) is 88.0 Å². The second kappa shape index (κ2) is 10.3. The molecule has 35 heavy (non-hydrogen) atoms. The molecular weight excluding hydrogens is 601 g/mol. The fourth-order valence-corrected chi connectivity index (χ4v) is 7.61. The van der Waals surface area contributed by atoms with Crippen LogP contribution >= 0.6 is 22.6 Å². The van der Waals surface area contributed by atoms with Crippen LogP contribution in [0, 0.1) is 10.5 Å². The van der Waals surface area contributed by atoms with Crippen molar-refractivity contribution in [2.24, 2.45) is 0 Å². The van der Waals surface area contributed by atoms with Gasteiger partial charge in [-0.05, 0) is 77.5 Å². The molecule has 4 rings (SSSR count). The van der Waals surface area contributed by atoms with E-state index in [-0.39, 0.29) is 29.4 Å². The van der Waals surface area contributed by atoms with Gasteiger partial charge in [-0.15, -0.1) is 0 Å². The van der Waals surface area contributed by atoms with E-state index in [0.29, 0.717) is 5.69 Å². The van der Waals surface area contributed by atoms with Crippen molar-refractivity contribution >= 4 is 54.2 Å². The Morgan fingerprint density at radius 1 is 0.857 bits per heavy atom. The lowest BCUT2D eigenvalue weighted by molar-refractivity contribution is -0.120. The molecule has 0 aromatic heterocycles. The molecule has 3 aromatic carbocycles. The Balaban J connectivity index is 1.70. The molecule has 0 spiro atoms. The highest BCUT2D eigenvalue weighted by molar-refractivity contribution is 14.1. The summed E-state index contributed by atoms with van der Waals surface area (Å²) in [4.78, 5) is 13.6. The third-order valence-corrected chi connectivity index (χ3v) is 10.2. The third kappa shape index (κ3) is 5.43. The zero-order chi connectivity index (χ0) is 25.2. The van der Waals surface area contributed by atoms with Gasteiger partial charge in [0.2, 0.25) is 26.0 Å². The smallest absolute Gasteiger partial charge is 0.244 e. The van der Waals surface area contributed by atoms with E-state index in [2.05, 4.69) is 27.9 Å². The normalized spacial score (nSPS) is 17.7. The Morgan fingerprint density at radius 2 is 1.43 bits per heavy atom. The summed E-state index contributed by atoms with van der Waals surface area (Å²) in [5.41, 5.74) is 1.35. The van der Waals surface area contributed by atoms with Crippen LogP contribution in [0.5, 0.6) is 0 Å². The first-order valence-corrected chi connectivity index (χ1v) is 14.8. The molecule has 3 aromatic rings. The van der Waals surface area contributed by atoms with Crippen molar-refractivity contribution in [2.45, 2.75) is 22.8 Å². The van der Waals surface area contributed by atoms with Gasteiger partial charge in [-0.1, -0.05) is 36.4 Å². The highest BCUT2D eigenvalue weighted by atomic mass is 127. The van der Waals surface area contributed by atoms with Crippen LogP contribution < -0.4 is 5.32 Å². The van der Waals surface area contributed by atoms with Gasteiger partial charge < -0.3 is 5.32 Å². The van der Waals surface area contributed by atoms with Crippen molar-refractivity contribution in [1.29, 1.82) is 0 Å². The molecule has 0 unspecified atom stereocenters. The number of halogens is 1. The number of hydrogen-bond donors (Lipinski definition) is 1. The van der Waals surface area contributed by atoms with Crippen molar-refractivity contribution in [3.63, 3.8) is 0 Å². The zero-order valence-electron chi connectivity index (χ0n) is 18.8. The van der Waals surface area contributed by atoms with E-state index in [1.54, 1.807) is 42.5 Å². The van der Waals surface area contributed by atoms with E-state index in [1.807, 2.05) is 19.1 Å². The summed E-state index contributed by atoms with van der Waals surface area (Å²) in [6, 6.07) is 19.9. The van der Waals surface area contributed by atoms with Crippen LogP contribution in [0.1, 0.15) is 5.56 Å². The Labute approximate surface area is 219 Å². The standard InChI is InChI=1S/C24H24IN3O5S2/c1-18-16-19(25)12-13-22(18)26-24(29)23-17-27(34(30,31)20-8-4-2-5-9-20)14-15-28(23)35(32,33)21-10-6-3-7-11-21/h2-13,16,23H,14-15,17H2,1H3,(H,26,29)/t23-/m0/s1. The Morgan fingerprint density at radius 3 is 2.00 bits per heavy atom. The lowest BCUT2D eigenvalue weighted by atomic mass is 10.1. The fraction of sp³-hybridized carbons (Fsp3) is 0.208. The first-order valence-electron chi connectivity index (χ1n) is 10.8. The zero-order valence-corrected chi connectivity index (χ0v) is 22.6. The topological polar surface area (TPSA) is 104 Å². The molecule has 1 saturated heterocycles. The van der Waals surface area contributed by atoms with Crippen LogP contribution in [-0.4, -0.2) is 57.0 Å². The molecule has 1 atom stereocenters. The molecule has 0 radical (unpaired) electrons. The molecule has 1 fully saturated rings. The van der Waals surface area contributed by atoms with Crippen LogP contribution in [0.4, 0.5) is 5.69 Å². The molecule has 1 aliphatic heterocycles. The summed E-state index contributed by atoms with van der Waals surface area (Å²) in [5.74, 6) is -0.596. The minimum absolute atomic E-state index is 0.0441. The molecule has 1 heterocycles. The minimum Gasteiger partial charge on any atom is -0.324 e. The minimum atomic E-state index is -4.05. The molecule has 184 valence electrons. The average molecular weight is 626 g/mol. The van der Waals surface area contributed by atoms with Crippen molar-refractivity contribution < 1.29 is 21.6 Å². The number of anilines is 1. The van der Waals surface area contributed by atoms with E-state index < -0.39 is 32.0 Å². The monoisotopic (exact) mass is 625 g/mol. The van der Waals surface area contributed by atoms with Gasteiger partial charge in [0.05, 0.1) is 9.79 Å². The second-order valence-electron chi connectivity index (χ2n) is 8.07. The van der Waals surface area contributed by atoms with Crippen LogP contribution in [0.25, 0.3) is 0 Å². The SMILES string of the molecule is Cc1cc(I)ccc1NC(=O)[C@@H]1CN(S(=O)(=O)c2ccccc2)CCN1S(=O)(=O)c1ccccc1. The summed E-state index contributed by atoms with van der Waals surface area (Å²) in [6.07, 6.45) is 0. The predicted molar refractivity (Wildman–Crippen MR) is 142 cm³/mol. The lowest BCUT2D eigenvalue weighted by Crippen LogP contribution is -2.60. The van der Waals surface area contributed by atoms with Crippen molar-refractivity contribution in [2.75, 3.05) is 25.0 Å². The number of hydrogen-bond acceptors (Lipinski definition) is 5. The summed E-state index contributed by atoms with van der Waals surface area (Å²) in [5, 5.41) is 2.80. The van der Waals surface area contributed by atoms with Gasteiger partial charge in [0.25, 0.3) is 0 Å². The summed E-state index contributed by atoms with van der Waals surface area (Å²) in [7, 11) is -7.97. The van der Waals surface area contributed by atoms with E-state index in [4.69, 9.17) is 0 Å². The van der Waals surface area contributed by atoms with E-state index in [1.165, 1.54) is 28.6 Å². The van der Waals surface area contributed by atoms with E-state index in [9.17, 15) is 21.6 Å². The highest BCUT2D eigenvalue weighted by Crippen LogP contribution is 2.27. The number of aryl methyl sites for hydroxylation is 1. The molecule has 11 heteroatoms. The quantitative estimate of drug-likeness (QED) is 0.424. The maximum Gasteiger partial charge on any atom is 0.244 e. The summed E-state index contributed by atoms with van der Waals surface area (Å²) in [6.45, 7) is 1.30. The molecule has 0 aliphatic carbocycles. The third-order valence-electron chi connectivity index (χ3n) is 5.77. The number of nitrogens with zero attached hydrogens (tertiary/aromatic N) is 2. The van der Waals surface area contributed by atoms with Crippen LogP contribution in [-0.2, 0) is 24.8 Å². The van der Waals surface area contributed by atoms with E-state index >= 15 is 0 Å². The number of rotatable bonds is 6. The fourth-order valence-electron chi connectivity index (χ4n) is 3.91. The molecule has 1 aliphatic rings. The van der Waals surface area contributed by atoms with Gasteiger partial charge in [-0.3, -0.25) is 4.79 Å². The molecule has 0 bridgehead atoms. The molecule has 1 N–H and O–H groups in total. The number of carbonyl (C=O) groups is 1. The number of sulfonamides is 2. The number of carbonyl (C=O) groups excluding carboxylic acids is 1. The average Bonchev–Trinajstić information content (AvgIpc) is 2.86. The maximum atomic E-state index is 13.5. The molecule has 8 nitrogen and oxygen atoms in total. The van der Waals surface area contributed by atoms with Gasteiger partial charge in [-0.25, -0.2) is 16.8 Å². The Hall–Kier alpha value is -2.32. The van der Waals surface area contributed by atoms with Gasteiger partial charge in [-0.2, -0.15) is 8.61 Å². The highest BCUT2D eigenvalue weighted by Gasteiger charge is 2.43.